The normalized spacial score (nSPS) is 10.2. The molecule has 0 heterocycles. The number of hydrogen-bond donors (Lipinski definition) is 0. The van der Waals surface area contributed by atoms with Crippen molar-refractivity contribution < 1.29 is 19.1 Å². The molecule has 0 saturated heterocycles. The summed E-state index contributed by atoms with van der Waals surface area (Å²) in [6.07, 6.45) is 0.706. The van der Waals surface area contributed by atoms with E-state index < -0.39 is 0 Å². The van der Waals surface area contributed by atoms with Gasteiger partial charge in [-0.2, -0.15) is 0 Å². The van der Waals surface area contributed by atoms with Crippen LogP contribution in [0.15, 0.2) is 48.5 Å². The van der Waals surface area contributed by atoms with Crippen molar-refractivity contribution in [1.82, 2.24) is 0 Å². The molecule has 0 fully saturated rings. The monoisotopic (exact) mass is 326 g/mol. The van der Waals surface area contributed by atoms with Crippen molar-refractivity contribution in [1.29, 1.82) is 0 Å². The van der Waals surface area contributed by atoms with Crippen LogP contribution in [0, 0.1) is 0 Å². The highest BCUT2D eigenvalue weighted by Gasteiger charge is 2.11. The lowest BCUT2D eigenvalue weighted by atomic mass is 9.96. The SMILES string of the molecule is CCC(=O)OCc1ccccc1-c1ccccc1COC(=O)CC. The smallest absolute Gasteiger partial charge is 0.305 e. The van der Waals surface area contributed by atoms with Gasteiger partial charge in [-0.05, 0) is 22.3 Å². The number of hydrogen-bond acceptors (Lipinski definition) is 4. The average molecular weight is 326 g/mol. The van der Waals surface area contributed by atoms with Crippen LogP contribution in [-0.2, 0) is 32.3 Å². The van der Waals surface area contributed by atoms with Crippen LogP contribution in [0.3, 0.4) is 0 Å². The van der Waals surface area contributed by atoms with Gasteiger partial charge in [0.2, 0.25) is 0 Å². The van der Waals surface area contributed by atoms with Crippen LogP contribution in [0.2, 0.25) is 0 Å². The third kappa shape index (κ3) is 4.69. The van der Waals surface area contributed by atoms with Crippen molar-refractivity contribution >= 4 is 11.9 Å². The molecular weight excluding hydrogens is 304 g/mol. The summed E-state index contributed by atoms with van der Waals surface area (Å²) in [7, 11) is 0. The molecule has 0 aromatic heterocycles. The quantitative estimate of drug-likeness (QED) is 0.713. The first kappa shape index (κ1) is 17.7. The third-order valence-corrected chi connectivity index (χ3v) is 3.68. The molecule has 0 aliphatic carbocycles. The van der Waals surface area contributed by atoms with Gasteiger partial charge in [-0.25, -0.2) is 0 Å². The van der Waals surface area contributed by atoms with E-state index in [9.17, 15) is 9.59 Å². The van der Waals surface area contributed by atoms with E-state index in [1.54, 1.807) is 13.8 Å². The molecule has 0 bridgehead atoms. The molecule has 4 nitrogen and oxygen atoms in total. The fourth-order valence-electron chi connectivity index (χ4n) is 2.34. The van der Waals surface area contributed by atoms with Crippen molar-refractivity contribution in [3.63, 3.8) is 0 Å². The maximum absolute atomic E-state index is 11.4. The molecule has 2 aromatic carbocycles. The molecule has 0 aliphatic rings. The number of ether oxygens (including phenoxy) is 2. The van der Waals surface area contributed by atoms with E-state index in [0.717, 1.165) is 22.3 Å². The summed E-state index contributed by atoms with van der Waals surface area (Å²) in [6.45, 7) is 4.00. The van der Waals surface area contributed by atoms with Crippen LogP contribution in [0.5, 0.6) is 0 Å². The van der Waals surface area contributed by atoms with Gasteiger partial charge in [0.1, 0.15) is 13.2 Å². The van der Waals surface area contributed by atoms with Gasteiger partial charge in [0.15, 0.2) is 0 Å². The lowest BCUT2D eigenvalue weighted by molar-refractivity contribution is -0.145. The minimum absolute atomic E-state index is 0.227. The number of benzene rings is 2. The maximum atomic E-state index is 11.4. The second-order valence-electron chi connectivity index (χ2n) is 5.34. The van der Waals surface area contributed by atoms with E-state index in [-0.39, 0.29) is 25.2 Å². The number of carbonyl (C=O) groups excluding carboxylic acids is 2. The molecule has 126 valence electrons. The van der Waals surface area contributed by atoms with Gasteiger partial charge in [-0.15, -0.1) is 0 Å². The Morgan fingerprint density at radius 2 is 1.08 bits per heavy atom. The standard InChI is InChI=1S/C20H22O4/c1-3-19(21)23-13-15-9-5-7-11-17(15)18-12-8-6-10-16(18)14-24-20(22)4-2/h5-12H,3-4,13-14H2,1-2H3. The Balaban J connectivity index is 2.28. The largest absolute Gasteiger partial charge is 0.461 e. The summed E-state index contributed by atoms with van der Waals surface area (Å²) < 4.78 is 10.5. The predicted molar refractivity (Wildman–Crippen MR) is 92.1 cm³/mol. The average Bonchev–Trinajstić information content (AvgIpc) is 2.64. The van der Waals surface area contributed by atoms with Gasteiger partial charge in [0, 0.05) is 12.8 Å². The number of rotatable bonds is 7. The summed E-state index contributed by atoms with van der Waals surface area (Å²) in [4.78, 5) is 22.9. The highest BCUT2D eigenvalue weighted by Crippen LogP contribution is 2.28. The Bertz CT molecular complexity index is 645. The van der Waals surface area contributed by atoms with Gasteiger partial charge in [0.05, 0.1) is 0 Å². The molecule has 0 atom stereocenters. The Morgan fingerprint density at radius 3 is 1.46 bits per heavy atom. The Hall–Kier alpha value is -2.62. The van der Waals surface area contributed by atoms with E-state index >= 15 is 0 Å². The molecule has 24 heavy (non-hydrogen) atoms. The van der Waals surface area contributed by atoms with Crippen molar-refractivity contribution in [3.05, 3.63) is 59.7 Å². The minimum atomic E-state index is -0.227. The van der Waals surface area contributed by atoms with E-state index in [1.807, 2.05) is 48.5 Å². The van der Waals surface area contributed by atoms with Crippen LogP contribution in [0.25, 0.3) is 11.1 Å². The summed E-state index contributed by atoms with van der Waals surface area (Å²) in [5.41, 5.74) is 3.80. The van der Waals surface area contributed by atoms with Crippen molar-refractivity contribution in [2.75, 3.05) is 0 Å². The zero-order valence-electron chi connectivity index (χ0n) is 14.1. The zero-order valence-corrected chi connectivity index (χ0v) is 14.1. The Morgan fingerprint density at radius 1 is 0.708 bits per heavy atom. The van der Waals surface area contributed by atoms with Crippen LogP contribution in [-0.4, -0.2) is 11.9 Å². The van der Waals surface area contributed by atoms with Crippen molar-refractivity contribution in [2.24, 2.45) is 0 Å². The molecule has 0 radical (unpaired) electrons. The van der Waals surface area contributed by atoms with E-state index in [0.29, 0.717) is 12.8 Å². The molecule has 2 rings (SSSR count). The number of carbonyl (C=O) groups is 2. The molecule has 0 spiro atoms. The predicted octanol–water partition coefficient (Wildman–Crippen LogP) is 4.26. The second kappa shape index (κ2) is 8.87. The molecule has 0 aliphatic heterocycles. The van der Waals surface area contributed by atoms with Gasteiger partial charge in [-0.1, -0.05) is 62.4 Å². The van der Waals surface area contributed by atoms with E-state index in [1.165, 1.54) is 0 Å². The van der Waals surface area contributed by atoms with Gasteiger partial charge >= 0.3 is 11.9 Å². The Labute approximate surface area is 142 Å². The topological polar surface area (TPSA) is 52.6 Å². The van der Waals surface area contributed by atoms with Gasteiger partial charge in [0.25, 0.3) is 0 Å². The van der Waals surface area contributed by atoms with Gasteiger partial charge in [-0.3, -0.25) is 9.59 Å². The first-order valence-corrected chi connectivity index (χ1v) is 8.13. The van der Waals surface area contributed by atoms with E-state index in [4.69, 9.17) is 9.47 Å². The summed E-state index contributed by atoms with van der Waals surface area (Å²) in [5, 5.41) is 0. The second-order valence-corrected chi connectivity index (χ2v) is 5.34. The summed E-state index contributed by atoms with van der Waals surface area (Å²) in [6, 6.07) is 15.5. The zero-order chi connectivity index (χ0) is 17.4. The minimum Gasteiger partial charge on any atom is -0.461 e. The molecule has 2 aromatic rings. The van der Waals surface area contributed by atoms with Crippen LogP contribution < -0.4 is 0 Å². The molecule has 0 N–H and O–H groups in total. The summed E-state index contributed by atoms with van der Waals surface area (Å²) in [5.74, 6) is -0.454. The lowest BCUT2D eigenvalue weighted by Crippen LogP contribution is -2.05. The van der Waals surface area contributed by atoms with Crippen LogP contribution in [0.1, 0.15) is 37.8 Å². The highest BCUT2D eigenvalue weighted by atomic mass is 16.5. The van der Waals surface area contributed by atoms with Gasteiger partial charge < -0.3 is 9.47 Å². The Kier molecular flexibility index (Phi) is 6.55. The fourth-order valence-corrected chi connectivity index (χ4v) is 2.34. The number of esters is 2. The summed E-state index contributed by atoms with van der Waals surface area (Å²) >= 11 is 0. The molecular formula is C20H22O4. The van der Waals surface area contributed by atoms with Crippen molar-refractivity contribution in [3.8, 4) is 11.1 Å². The molecule has 0 amide bonds. The fraction of sp³-hybridized carbons (Fsp3) is 0.300. The third-order valence-electron chi connectivity index (χ3n) is 3.68. The molecule has 4 heteroatoms. The highest BCUT2D eigenvalue weighted by molar-refractivity contribution is 5.73. The van der Waals surface area contributed by atoms with Crippen LogP contribution >= 0.6 is 0 Å². The maximum Gasteiger partial charge on any atom is 0.305 e. The van der Waals surface area contributed by atoms with E-state index in [2.05, 4.69) is 0 Å². The first-order valence-electron chi connectivity index (χ1n) is 8.13. The molecule has 0 saturated carbocycles. The molecule has 0 unspecified atom stereocenters. The van der Waals surface area contributed by atoms with Crippen molar-refractivity contribution in [2.45, 2.75) is 39.9 Å². The lowest BCUT2D eigenvalue weighted by Gasteiger charge is -2.14. The first-order chi connectivity index (χ1) is 11.7. The van der Waals surface area contributed by atoms with Crippen LogP contribution in [0.4, 0.5) is 0 Å².